The van der Waals surface area contributed by atoms with Crippen molar-refractivity contribution < 1.29 is 22.7 Å². The van der Waals surface area contributed by atoms with Crippen molar-refractivity contribution >= 4 is 27.5 Å². The van der Waals surface area contributed by atoms with Gasteiger partial charge in [-0.25, -0.2) is 13.2 Å². The molecule has 7 heteroatoms. The second-order valence-electron chi connectivity index (χ2n) is 5.99. The zero-order valence-corrected chi connectivity index (χ0v) is 15.9. The SMILES string of the molecule is CC(=O)C(C)OC(=O)c1cccc(S(=O)(=O)N(C)c2ccc(C)cc2)c1. The summed E-state index contributed by atoms with van der Waals surface area (Å²) in [5.74, 6) is -1.04. The van der Waals surface area contributed by atoms with Crippen LogP contribution >= 0.6 is 0 Å². The van der Waals surface area contributed by atoms with Crippen LogP contribution in [0.25, 0.3) is 0 Å². The van der Waals surface area contributed by atoms with E-state index in [-0.39, 0.29) is 16.2 Å². The van der Waals surface area contributed by atoms with E-state index in [4.69, 9.17) is 4.74 Å². The van der Waals surface area contributed by atoms with Gasteiger partial charge in [-0.3, -0.25) is 9.10 Å². The highest BCUT2D eigenvalue weighted by Crippen LogP contribution is 2.23. The molecule has 0 aliphatic carbocycles. The van der Waals surface area contributed by atoms with Crippen LogP contribution in [-0.2, 0) is 19.6 Å². The number of Topliss-reactive ketones (excluding diaryl/α,β-unsaturated/α-hetero) is 1. The van der Waals surface area contributed by atoms with Gasteiger partial charge in [-0.1, -0.05) is 23.8 Å². The number of carbonyl (C=O) groups is 2. The summed E-state index contributed by atoms with van der Waals surface area (Å²) in [5.41, 5.74) is 1.59. The molecule has 0 saturated heterocycles. The summed E-state index contributed by atoms with van der Waals surface area (Å²) < 4.78 is 31.9. The third-order valence-electron chi connectivity index (χ3n) is 3.98. The van der Waals surface area contributed by atoms with Crippen LogP contribution in [0.2, 0.25) is 0 Å². The maximum absolute atomic E-state index is 12.8. The third kappa shape index (κ3) is 4.29. The summed E-state index contributed by atoms with van der Waals surface area (Å²) >= 11 is 0. The van der Waals surface area contributed by atoms with Crippen LogP contribution in [-0.4, -0.2) is 33.3 Å². The smallest absolute Gasteiger partial charge is 0.338 e. The first kappa shape index (κ1) is 19.7. The van der Waals surface area contributed by atoms with Crippen molar-refractivity contribution in [1.82, 2.24) is 0 Å². The number of esters is 1. The molecule has 1 atom stereocenters. The van der Waals surface area contributed by atoms with Gasteiger partial charge in [-0.05, 0) is 51.1 Å². The molecule has 0 N–H and O–H groups in total. The maximum Gasteiger partial charge on any atom is 0.338 e. The summed E-state index contributed by atoms with van der Waals surface area (Å²) in [4.78, 5) is 23.3. The monoisotopic (exact) mass is 375 g/mol. The highest BCUT2D eigenvalue weighted by Gasteiger charge is 2.23. The van der Waals surface area contributed by atoms with Gasteiger partial charge in [0.15, 0.2) is 11.9 Å². The van der Waals surface area contributed by atoms with E-state index in [0.29, 0.717) is 5.69 Å². The van der Waals surface area contributed by atoms with E-state index in [9.17, 15) is 18.0 Å². The van der Waals surface area contributed by atoms with Gasteiger partial charge in [0, 0.05) is 7.05 Å². The number of nitrogens with zero attached hydrogens (tertiary/aromatic N) is 1. The number of hydrogen-bond donors (Lipinski definition) is 0. The Labute approximate surface area is 153 Å². The van der Waals surface area contributed by atoms with Crippen LogP contribution in [0.1, 0.15) is 29.8 Å². The first-order valence-electron chi connectivity index (χ1n) is 8.00. The zero-order valence-electron chi connectivity index (χ0n) is 15.1. The molecule has 2 rings (SSSR count). The maximum atomic E-state index is 12.8. The Bertz CT molecular complexity index is 919. The molecule has 6 nitrogen and oxygen atoms in total. The fourth-order valence-corrected chi connectivity index (χ4v) is 3.39. The van der Waals surface area contributed by atoms with Crippen LogP contribution in [0.5, 0.6) is 0 Å². The zero-order chi connectivity index (χ0) is 19.5. The van der Waals surface area contributed by atoms with Gasteiger partial charge in [0.25, 0.3) is 10.0 Å². The molecule has 1 unspecified atom stereocenters. The molecular formula is C19H21NO5S. The quantitative estimate of drug-likeness (QED) is 0.725. The van der Waals surface area contributed by atoms with E-state index in [2.05, 4.69) is 0 Å². The number of sulfonamides is 1. The number of ether oxygens (including phenoxy) is 1. The lowest BCUT2D eigenvalue weighted by atomic mass is 10.2. The first-order valence-corrected chi connectivity index (χ1v) is 9.44. The Balaban J connectivity index is 2.31. The Kier molecular flexibility index (Phi) is 5.82. The summed E-state index contributed by atoms with van der Waals surface area (Å²) in [6.07, 6.45) is -0.891. The summed E-state index contributed by atoms with van der Waals surface area (Å²) in [6.45, 7) is 4.69. The molecule has 0 radical (unpaired) electrons. The molecule has 0 aliphatic rings. The minimum atomic E-state index is -3.85. The van der Waals surface area contributed by atoms with Crippen LogP contribution in [0.3, 0.4) is 0 Å². The van der Waals surface area contributed by atoms with Crippen molar-refractivity contribution in [2.45, 2.75) is 31.8 Å². The summed E-state index contributed by atoms with van der Waals surface area (Å²) in [6, 6.07) is 12.6. The summed E-state index contributed by atoms with van der Waals surface area (Å²) in [5, 5.41) is 0. The minimum Gasteiger partial charge on any atom is -0.451 e. The topological polar surface area (TPSA) is 80.8 Å². The Morgan fingerprint density at radius 2 is 1.69 bits per heavy atom. The molecule has 0 aromatic heterocycles. The highest BCUT2D eigenvalue weighted by molar-refractivity contribution is 7.92. The van der Waals surface area contributed by atoms with Crippen LogP contribution in [0.4, 0.5) is 5.69 Å². The molecule has 138 valence electrons. The van der Waals surface area contributed by atoms with E-state index in [1.165, 1.54) is 45.2 Å². The predicted octanol–water partition coefficient (Wildman–Crippen LogP) is 2.95. The number of ketones is 1. The van der Waals surface area contributed by atoms with E-state index < -0.39 is 22.1 Å². The number of hydrogen-bond acceptors (Lipinski definition) is 5. The van der Waals surface area contributed by atoms with Gasteiger partial charge in [0.05, 0.1) is 16.1 Å². The fourth-order valence-electron chi connectivity index (χ4n) is 2.15. The van der Waals surface area contributed by atoms with Crippen molar-refractivity contribution in [2.24, 2.45) is 0 Å². The number of anilines is 1. The number of rotatable bonds is 6. The van der Waals surface area contributed by atoms with E-state index in [0.717, 1.165) is 9.87 Å². The molecular weight excluding hydrogens is 354 g/mol. The first-order chi connectivity index (χ1) is 12.1. The lowest BCUT2D eigenvalue weighted by molar-refractivity contribution is -0.124. The van der Waals surface area contributed by atoms with Crippen molar-refractivity contribution in [3.05, 3.63) is 59.7 Å². The Morgan fingerprint density at radius 1 is 1.08 bits per heavy atom. The molecule has 0 saturated carbocycles. The van der Waals surface area contributed by atoms with Crippen LogP contribution in [0, 0.1) is 6.92 Å². The van der Waals surface area contributed by atoms with Gasteiger partial charge < -0.3 is 4.74 Å². The third-order valence-corrected chi connectivity index (χ3v) is 5.76. The van der Waals surface area contributed by atoms with Crippen molar-refractivity contribution in [2.75, 3.05) is 11.4 Å². The molecule has 0 aliphatic heterocycles. The van der Waals surface area contributed by atoms with Crippen molar-refractivity contribution in [1.29, 1.82) is 0 Å². The van der Waals surface area contributed by atoms with Gasteiger partial charge in [-0.2, -0.15) is 0 Å². The minimum absolute atomic E-state index is 0.0366. The van der Waals surface area contributed by atoms with Crippen LogP contribution < -0.4 is 4.31 Å². The molecule has 0 heterocycles. The largest absolute Gasteiger partial charge is 0.451 e. The lowest BCUT2D eigenvalue weighted by Gasteiger charge is -2.20. The lowest BCUT2D eigenvalue weighted by Crippen LogP contribution is -2.27. The number of aryl methyl sites for hydroxylation is 1. The Morgan fingerprint density at radius 3 is 2.27 bits per heavy atom. The standard InChI is InChI=1S/C19H21NO5S/c1-13-8-10-17(11-9-13)20(4)26(23,24)18-7-5-6-16(12-18)19(22)25-15(3)14(2)21/h5-12,15H,1-4H3. The summed E-state index contributed by atoms with van der Waals surface area (Å²) in [7, 11) is -2.40. The molecule has 0 spiro atoms. The molecule has 2 aromatic carbocycles. The second kappa shape index (κ2) is 7.70. The van der Waals surface area contributed by atoms with E-state index in [1.54, 1.807) is 12.1 Å². The van der Waals surface area contributed by atoms with Gasteiger partial charge >= 0.3 is 5.97 Å². The van der Waals surface area contributed by atoms with Crippen molar-refractivity contribution in [3.8, 4) is 0 Å². The Hall–Kier alpha value is -2.67. The van der Waals surface area contributed by atoms with Gasteiger partial charge in [0.2, 0.25) is 0 Å². The molecule has 0 fully saturated rings. The average Bonchev–Trinajstić information content (AvgIpc) is 2.61. The molecule has 26 heavy (non-hydrogen) atoms. The van der Waals surface area contributed by atoms with E-state index in [1.807, 2.05) is 19.1 Å². The highest BCUT2D eigenvalue weighted by atomic mass is 32.2. The molecule has 0 bridgehead atoms. The molecule has 0 amide bonds. The molecule has 2 aromatic rings. The van der Waals surface area contributed by atoms with Crippen LogP contribution in [0.15, 0.2) is 53.4 Å². The number of carbonyl (C=O) groups excluding carboxylic acids is 2. The van der Waals surface area contributed by atoms with Gasteiger partial charge in [-0.15, -0.1) is 0 Å². The fraction of sp³-hybridized carbons (Fsp3) is 0.263. The number of benzene rings is 2. The predicted molar refractivity (Wildman–Crippen MR) is 98.8 cm³/mol. The van der Waals surface area contributed by atoms with Gasteiger partial charge in [0.1, 0.15) is 0 Å². The normalized spacial score (nSPS) is 12.3. The second-order valence-corrected chi connectivity index (χ2v) is 7.96. The van der Waals surface area contributed by atoms with Crippen molar-refractivity contribution in [3.63, 3.8) is 0 Å². The average molecular weight is 375 g/mol. The van der Waals surface area contributed by atoms with E-state index >= 15 is 0 Å².